The SMILES string of the molecule is Cc1cc(C(C)(C)c2ncnn2C)c(C2CCN(C(=O)[C@@H]3CC(N4CC[C@H](F)C4)CC3c3ccc(F)cc3F)CC2)cc1Cl. The van der Waals surface area contributed by atoms with Gasteiger partial charge in [-0.05, 0) is 99.1 Å². The molecule has 1 aromatic heterocycles. The zero-order valence-electron chi connectivity index (χ0n) is 25.9. The number of piperidine rings is 1. The van der Waals surface area contributed by atoms with Gasteiger partial charge in [-0.1, -0.05) is 23.7 Å². The smallest absolute Gasteiger partial charge is 0.226 e. The molecule has 3 aliphatic rings. The van der Waals surface area contributed by atoms with Gasteiger partial charge in [0.25, 0.3) is 0 Å². The number of hydrogen-bond donors (Lipinski definition) is 0. The number of carbonyl (C=O) groups excluding carboxylic acids is 1. The highest BCUT2D eigenvalue weighted by Gasteiger charge is 2.46. The Kier molecular flexibility index (Phi) is 8.56. The number of aryl methyl sites for hydroxylation is 2. The molecule has 10 heteroatoms. The van der Waals surface area contributed by atoms with Gasteiger partial charge in [-0.25, -0.2) is 18.2 Å². The van der Waals surface area contributed by atoms with Crippen LogP contribution in [0.15, 0.2) is 36.7 Å². The average Bonchev–Trinajstić information content (AvgIpc) is 3.74. The van der Waals surface area contributed by atoms with Crippen LogP contribution in [0, 0.1) is 24.5 Å². The summed E-state index contributed by atoms with van der Waals surface area (Å²) in [5.41, 5.74) is 3.29. The Bertz CT molecular complexity index is 1540. The number of alkyl halides is 1. The predicted octanol–water partition coefficient (Wildman–Crippen LogP) is 6.69. The van der Waals surface area contributed by atoms with E-state index in [1.54, 1.807) is 11.0 Å². The van der Waals surface area contributed by atoms with E-state index in [1.807, 2.05) is 18.9 Å². The van der Waals surface area contributed by atoms with Gasteiger partial charge in [0, 0.05) is 61.7 Å². The van der Waals surface area contributed by atoms with Crippen LogP contribution in [-0.4, -0.2) is 68.9 Å². The van der Waals surface area contributed by atoms with Gasteiger partial charge in [0.05, 0.1) is 0 Å². The molecule has 0 radical (unpaired) electrons. The highest BCUT2D eigenvalue weighted by Crippen LogP contribution is 2.46. The summed E-state index contributed by atoms with van der Waals surface area (Å²) in [6.07, 6.45) is 3.84. The normalized spacial score (nSPS) is 25.2. The van der Waals surface area contributed by atoms with Crippen molar-refractivity contribution in [2.75, 3.05) is 26.2 Å². The fourth-order valence-corrected chi connectivity index (χ4v) is 8.18. The maximum absolute atomic E-state index is 15.0. The molecule has 3 fully saturated rings. The van der Waals surface area contributed by atoms with Crippen LogP contribution in [0.1, 0.15) is 85.9 Å². The number of likely N-dealkylation sites (tertiary alicyclic amines) is 2. The van der Waals surface area contributed by atoms with Crippen molar-refractivity contribution in [3.05, 3.63) is 81.4 Å². The third kappa shape index (κ3) is 5.78. The van der Waals surface area contributed by atoms with Crippen LogP contribution in [0.25, 0.3) is 0 Å². The number of rotatable bonds is 6. The summed E-state index contributed by atoms with van der Waals surface area (Å²) in [6, 6.07) is 7.87. The second-order valence-corrected chi connectivity index (χ2v) is 13.9. The molecule has 3 heterocycles. The number of nitrogens with zero attached hydrogens (tertiary/aromatic N) is 5. The van der Waals surface area contributed by atoms with Gasteiger partial charge < -0.3 is 4.90 Å². The zero-order chi connectivity index (χ0) is 31.3. The summed E-state index contributed by atoms with van der Waals surface area (Å²) in [5, 5.41) is 5.02. The second-order valence-electron chi connectivity index (χ2n) is 13.5. The lowest BCUT2D eigenvalue weighted by atomic mass is 9.75. The molecule has 2 unspecified atom stereocenters. The molecular weight excluding hydrogens is 587 g/mol. The van der Waals surface area contributed by atoms with E-state index in [2.05, 4.69) is 41.0 Å². The Morgan fingerprint density at radius 3 is 2.41 bits per heavy atom. The summed E-state index contributed by atoms with van der Waals surface area (Å²) in [5.74, 6) is -0.993. The summed E-state index contributed by atoms with van der Waals surface area (Å²) in [4.78, 5) is 22.7. The minimum absolute atomic E-state index is 0.00297. The van der Waals surface area contributed by atoms with Gasteiger partial charge in [-0.15, -0.1) is 0 Å². The second kappa shape index (κ2) is 12.1. The Labute approximate surface area is 262 Å². The van der Waals surface area contributed by atoms with Crippen LogP contribution in [0.5, 0.6) is 0 Å². The fourth-order valence-electron chi connectivity index (χ4n) is 8.01. The minimum Gasteiger partial charge on any atom is -0.342 e. The quantitative estimate of drug-likeness (QED) is 0.306. The van der Waals surface area contributed by atoms with Crippen LogP contribution in [0.3, 0.4) is 0 Å². The van der Waals surface area contributed by atoms with Crippen molar-refractivity contribution in [1.82, 2.24) is 24.6 Å². The third-order valence-corrected chi connectivity index (χ3v) is 10.8. The number of hydrogen-bond acceptors (Lipinski definition) is 4. The zero-order valence-corrected chi connectivity index (χ0v) is 26.6. The molecule has 1 aliphatic carbocycles. The van der Waals surface area contributed by atoms with E-state index in [1.165, 1.54) is 17.7 Å². The molecule has 6 rings (SSSR count). The third-order valence-electron chi connectivity index (χ3n) is 10.4. The molecule has 44 heavy (non-hydrogen) atoms. The molecule has 6 nitrogen and oxygen atoms in total. The lowest BCUT2D eigenvalue weighted by molar-refractivity contribution is -0.137. The van der Waals surface area contributed by atoms with E-state index in [9.17, 15) is 13.6 Å². The van der Waals surface area contributed by atoms with E-state index in [4.69, 9.17) is 11.6 Å². The summed E-state index contributed by atoms with van der Waals surface area (Å²) in [6.45, 7) is 8.46. The molecule has 3 aromatic rings. The van der Waals surface area contributed by atoms with Crippen LogP contribution < -0.4 is 0 Å². The van der Waals surface area contributed by atoms with Crippen molar-refractivity contribution in [3.8, 4) is 0 Å². The van der Waals surface area contributed by atoms with Gasteiger partial charge in [-0.3, -0.25) is 14.4 Å². The number of benzene rings is 2. The van der Waals surface area contributed by atoms with Crippen molar-refractivity contribution < 1.29 is 18.0 Å². The Morgan fingerprint density at radius 2 is 1.77 bits per heavy atom. The number of halogens is 4. The standard InChI is InChI=1S/C34H41ClF3N5O/c1-20-13-29(34(2,3)33-39-19-40-41(33)4)26(17-30(20)35)21-7-10-42(11-8-21)32(44)28-16-24(43-12-9-23(37)18-43)15-27(28)25-6-5-22(36)14-31(25)38/h5-6,13-14,17,19,21,23-24,27-28H,7-12,15-16,18H2,1-4H3/t23-,24?,27?,28+/m0/s1. The Morgan fingerprint density at radius 1 is 1.02 bits per heavy atom. The molecule has 0 spiro atoms. The van der Waals surface area contributed by atoms with E-state index >= 15 is 4.39 Å². The molecule has 4 atom stereocenters. The molecule has 236 valence electrons. The van der Waals surface area contributed by atoms with Crippen molar-refractivity contribution in [2.24, 2.45) is 13.0 Å². The Hall–Kier alpha value is -2.91. The first-order valence-electron chi connectivity index (χ1n) is 15.7. The first kappa shape index (κ1) is 31.1. The molecule has 2 saturated heterocycles. The number of carbonyl (C=O) groups is 1. The minimum atomic E-state index is -0.872. The van der Waals surface area contributed by atoms with Crippen molar-refractivity contribution in [2.45, 2.75) is 82.3 Å². The summed E-state index contributed by atoms with van der Waals surface area (Å²) in [7, 11) is 1.90. The van der Waals surface area contributed by atoms with Crippen LogP contribution in [-0.2, 0) is 17.3 Å². The van der Waals surface area contributed by atoms with E-state index < -0.39 is 29.1 Å². The fraction of sp³-hybridized carbons (Fsp3) is 0.559. The monoisotopic (exact) mass is 627 g/mol. The van der Waals surface area contributed by atoms with Crippen LogP contribution in [0.2, 0.25) is 5.02 Å². The summed E-state index contributed by atoms with van der Waals surface area (Å²) < 4.78 is 44.7. The van der Waals surface area contributed by atoms with Gasteiger partial charge in [-0.2, -0.15) is 5.10 Å². The molecular formula is C34H41ClF3N5O. The van der Waals surface area contributed by atoms with E-state index in [-0.39, 0.29) is 23.8 Å². The predicted molar refractivity (Wildman–Crippen MR) is 165 cm³/mol. The highest BCUT2D eigenvalue weighted by atomic mass is 35.5. The number of aromatic nitrogens is 3. The largest absolute Gasteiger partial charge is 0.342 e. The van der Waals surface area contributed by atoms with Gasteiger partial charge in [0.1, 0.15) is 30.0 Å². The lowest BCUT2D eigenvalue weighted by Gasteiger charge is -2.37. The number of amides is 1. The van der Waals surface area contributed by atoms with Crippen molar-refractivity contribution in [3.63, 3.8) is 0 Å². The molecule has 2 aliphatic heterocycles. The van der Waals surface area contributed by atoms with E-state index in [0.717, 1.165) is 40.9 Å². The topological polar surface area (TPSA) is 54.3 Å². The van der Waals surface area contributed by atoms with Crippen molar-refractivity contribution in [1.29, 1.82) is 0 Å². The van der Waals surface area contributed by atoms with Crippen molar-refractivity contribution >= 4 is 17.5 Å². The average molecular weight is 628 g/mol. The molecule has 2 aromatic carbocycles. The highest BCUT2D eigenvalue weighted by molar-refractivity contribution is 6.31. The van der Waals surface area contributed by atoms with Crippen LogP contribution >= 0.6 is 11.6 Å². The van der Waals surface area contributed by atoms with Gasteiger partial charge >= 0.3 is 0 Å². The lowest BCUT2D eigenvalue weighted by Crippen LogP contribution is -2.42. The molecule has 0 bridgehead atoms. The Balaban J connectivity index is 1.23. The molecule has 0 N–H and O–H groups in total. The van der Waals surface area contributed by atoms with Gasteiger partial charge in [0.15, 0.2) is 0 Å². The van der Waals surface area contributed by atoms with Gasteiger partial charge in [0.2, 0.25) is 5.91 Å². The maximum atomic E-state index is 15.0. The van der Waals surface area contributed by atoms with E-state index in [0.29, 0.717) is 51.0 Å². The molecule has 1 amide bonds. The molecule has 1 saturated carbocycles. The first-order chi connectivity index (χ1) is 20.9. The first-order valence-corrected chi connectivity index (χ1v) is 16.1. The summed E-state index contributed by atoms with van der Waals surface area (Å²) >= 11 is 6.67. The van der Waals surface area contributed by atoms with Crippen LogP contribution in [0.4, 0.5) is 13.2 Å². The maximum Gasteiger partial charge on any atom is 0.226 e.